The van der Waals surface area contributed by atoms with Crippen molar-refractivity contribution < 1.29 is 0 Å². The SMILES string of the molecule is Cl.NC1CCCC2CN(Cc3cccc4ccccc34)CC12. The Morgan fingerprint density at radius 3 is 2.68 bits per heavy atom. The van der Waals surface area contributed by atoms with Gasteiger partial charge in [0, 0.05) is 25.7 Å². The van der Waals surface area contributed by atoms with Crippen LogP contribution in [0, 0.1) is 11.8 Å². The molecule has 4 rings (SSSR count). The topological polar surface area (TPSA) is 29.3 Å². The highest BCUT2D eigenvalue weighted by molar-refractivity contribution is 5.85. The first kappa shape index (κ1) is 15.8. The van der Waals surface area contributed by atoms with Crippen molar-refractivity contribution in [3.63, 3.8) is 0 Å². The summed E-state index contributed by atoms with van der Waals surface area (Å²) < 4.78 is 0. The molecule has 0 amide bonds. The summed E-state index contributed by atoms with van der Waals surface area (Å²) >= 11 is 0. The van der Waals surface area contributed by atoms with E-state index in [4.69, 9.17) is 5.73 Å². The predicted molar refractivity (Wildman–Crippen MR) is 95.3 cm³/mol. The van der Waals surface area contributed by atoms with Gasteiger partial charge in [0.1, 0.15) is 0 Å². The third-order valence-corrected chi connectivity index (χ3v) is 5.50. The van der Waals surface area contributed by atoms with Crippen LogP contribution in [0.4, 0.5) is 0 Å². The van der Waals surface area contributed by atoms with E-state index in [1.807, 2.05) is 0 Å². The van der Waals surface area contributed by atoms with Crippen LogP contribution >= 0.6 is 12.4 Å². The quantitative estimate of drug-likeness (QED) is 0.912. The van der Waals surface area contributed by atoms with E-state index >= 15 is 0 Å². The number of hydrogen-bond donors (Lipinski definition) is 1. The third-order valence-electron chi connectivity index (χ3n) is 5.50. The molecule has 1 saturated carbocycles. The van der Waals surface area contributed by atoms with Crippen LogP contribution in [0.15, 0.2) is 42.5 Å². The second-order valence-electron chi connectivity index (χ2n) is 6.85. The third kappa shape index (κ3) is 2.88. The molecule has 2 aromatic carbocycles. The lowest BCUT2D eigenvalue weighted by Gasteiger charge is -2.29. The maximum Gasteiger partial charge on any atom is 0.0240 e. The Morgan fingerprint density at radius 1 is 1.00 bits per heavy atom. The molecule has 118 valence electrons. The number of nitrogens with zero attached hydrogens (tertiary/aromatic N) is 1. The first-order chi connectivity index (χ1) is 10.3. The summed E-state index contributed by atoms with van der Waals surface area (Å²) in [6.07, 6.45) is 3.93. The Balaban J connectivity index is 0.00000144. The second-order valence-corrected chi connectivity index (χ2v) is 6.85. The van der Waals surface area contributed by atoms with Crippen molar-refractivity contribution in [2.75, 3.05) is 13.1 Å². The van der Waals surface area contributed by atoms with Crippen molar-refractivity contribution in [1.82, 2.24) is 4.90 Å². The maximum atomic E-state index is 6.34. The molecule has 0 bridgehead atoms. The van der Waals surface area contributed by atoms with Crippen LogP contribution in [0.1, 0.15) is 24.8 Å². The predicted octanol–water partition coefficient (Wildman–Crippen LogP) is 3.82. The normalized spacial score (nSPS) is 28.3. The summed E-state index contributed by atoms with van der Waals surface area (Å²) in [6.45, 7) is 3.50. The fourth-order valence-corrected chi connectivity index (χ4v) is 4.41. The second kappa shape index (κ2) is 6.57. The molecule has 3 heteroatoms. The molecule has 2 aromatic rings. The van der Waals surface area contributed by atoms with E-state index in [1.165, 1.54) is 48.7 Å². The van der Waals surface area contributed by atoms with Crippen molar-refractivity contribution in [2.24, 2.45) is 17.6 Å². The van der Waals surface area contributed by atoms with Gasteiger partial charge in [-0.15, -0.1) is 12.4 Å². The standard InChI is InChI=1S/C19H24N2.ClH/c20-19-10-4-8-16-12-21(13-18(16)19)11-15-7-3-6-14-5-1-2-9-17(14)15;/h1-3,5-7,9,16,18-19H,4,8,10-13,20H2;1H. The molecule has 3 atom stereocenters. The molecule has 1 saturated heterocycles. The first-order valence-electron chi connectivity index (χ1n) is 8.26. The number of halogens is 1. The molecular weight excluding hydrogens is 292 g/mol. The van der Waals surface area contributed by atoms with Crippen molar-refractivity contribution in [2.45, 2.75) is 31.8 Å². The van der Waals surface area contributed by atoms with Gasteiger partial charge in [0.15, 0.2) is 0 Å². The summed E-state index contributed by atoms with van der Waals surface area (Å²) in [5, 5.41) is 2.75. The van der Waals surface area contributed by atoms with E-state index < -0.39 is 0 Å². The molecular formula is C19H25ClN2. The van der Waals surface area contributed by atoms with Gasteiger partial charge in [0.2, 0.25) is 0 Å². The molecule has 2 nitrogen and oxygen atoms in total. The lowest BCUT2D eigenvalue weighted by Crippen LogP contribution is -2.38. The van der Waals surface area contributed by atoms with Crippen LogP contribution in [0.25, 0.3) is 10.8 Å². The smallest absolute Gasteiger partial charge is 0.0240 e. The monoisotopic (exact) mass is 316 g/mol. The number of nitrogens with two attached hydrogens (primary N) is 1. The van der Waals surface area contributed by atoms with Crippen molar-refractivity contribution >= 4 is 23.2 Å². The van der Waals surface area contributed by atoms with Gasteiger partial charge >= 0.3 is 0 Å². The number of rotatable bonds is 2. The maximum absolute atomic E-state index is 6.34. The van der Waals surface area contributed by atoms with Gasteiger partial charge in [-0.25, -0.2) is 0 Å². The minimum absolute atomic E-state index is 0. The Labute approximate surface area is 139 Å². The van der Waals surface area contributed by atoms with E-state index in [-0.39, 0.29) is 12.4 Å². The van der Waals surface area contributed by atoms with E-state index in [9.17, 15) is 0 Å². The number of hydrogen-bond acceptors (Lipinski definition) is 2. The Kier molecular flexibility index (Phi) is 4.72. The zero-order chi connectivity index (χ0) is 14.2. The lowest BCUT2D eigenvalue weighted by atomic mass is 9.78. The molecule has 2 fully saturated rings. The molecule has 2 aliphatic rings. The van der Waals surface area contributed by atoms with E-state index in [0.717, 1.165) is 18.4 Å². The molecule has 22 heavy (non-hydrogen) atoms. The van der Waals surface area contributed by atoms with Gasteiger partial charge in [-0.1, -0.05) is 48.9 Å². The summed E-state index contributed by atoms with van der Waals surface area (Å²) in [5.74, 6) is 1.57. The van der Waals surface area contributed by atoms with E-state index in [0.29, 0.717) is 6.04 Å². The van der Waals surface area contributed by atoms with Crippen LogP contribution in [0.5, 0.6) is 0 Å². The van der Waals surface area contributed by atoms with Crippen LogP contribution in [0.3, 0.4) is 0 Å². The summed E-state index contributed by atoms with van der Waals surface area (Å²) in [6, 6.07) is 15.8. The summed E-state index contributed by atoms with van der Waals surface area (Å²) in [7, 11) is 0. The summed E-state index contributed by atoms with van der Waals surface area (Å²) in [5.41, 5.74) is 7.80. The minimum Gasteiger partial charge on any atom is -0.327 e. The average molecular weight is 317 g/mol. The number of fused-ring (bicyclic) bond motifs is 2. The first-order valence-corrected chi connectivity index (χ1v) is 8.26. The van der Waals surface area contributed by atoms with E-state index in [1.54, 1.807) is 0 Å². The zero-order valence-corrected chi connectivity index (χ0v) is 13.8. The van der Waals surface area contributed by atoms with Crippen LogP contribution in [0.2, 0.25) is 0 Å². The summed E-state index contributed by atoms with van der Waals surface area (Å²) in [4.78, 5) is 2.63. The molecule has 3 unspecified atom stereocenters. The van der Waals surface area contributed by atoms with Gasteiger partial charge in [0.05, 0.1) is 0 Å². The van der Waals surface area contributed by atoms with Gasteiger partial charge in [-0.2, -0.15) is 0 Å². The Hall–Kier alpha value is -1.09. The molecule has 1 aliphatic heterocycles. The van der Waals surface area contributed by atoms with Crippen LogP contribution < -0.4 is 5.73 Å². The highest BCUT2D eigenvalue weighted by Gasteiger charge is 2.38. The Morgan fingerprint density at radius 2 is 1.82 bits per heavy atom. The van der Waals surface area contributed by atoms with E-state index in [2.05, 4.69) is 47.4 Å². The fraction of sp³-hybridized carbons (Fsp3) is 0.474. The van der Waals surface area contributed by atoms with Gasteiger partial charge in [-0.3, -0.25) is 4.90 Å². The molecule has 1 aliphatic carbocycles. The van der Waals surface area contributed by atoms with Crippen LogP contribution in [-0.2, 0) is 6.54 Å². The molecule has 1 heterocycles. The van der Waals surface area contributed by atoms with Gasteiger partial charge in [0.25, 0.3) is 0 Å². The number of benzene rings is 2. The van der Waals surface area contributed by atoms with Crippen molar-refractivity contribution in [1.29, 1.82) is 0 Å². The molecule has 2 N–H and O–H groups in total. The van der Waals surface area contributed by atoms with Crippen molar-refractivity contribution in [3.05, 3.63) is 48.0 Å². The fourth-order valence-electron chi connectivity index (χ4n) is 4.41. The number of likely N-dealkylation sites (tertiary alicyclic amines) is 1. The highest BCUT2D eigenvalue weighted by Crippen LogP contribution is 2.36. The van der Waals surface area contributed by atoms with Crippen LogP contribution in [-0.4, -0.2) is 24.0 Å². The molecule has 0 radical (unpaired) electrons. The average Bonchev–Trinajstić information content (AvgIpc) is 2.92. The lowest BCUT2D eigenvalue weighted by molar-refractivity contribution is 0.259. The largest absolute Gasteiger partial charge is 0.327 e. The molecule has 0 spiro atoms. The molecule has 0 aromatic heterocycles. The van der Waals surface area contributed by atoms with Gasteiger partial charge < -0.3 is 5.73 Å². The Bertz CT molecular complexity index is 637. The van der Waals surface area contributed by atoms with Crippen molar-refractivity contribution in [3.8, 4) is 0 Å². The van der Waals surface area contributed by atoms with Gasteiger partial charge in [-0.05, 0) is 41.0 Å². The zero-order valence-electron chi connectivity index (χ0n) is 12.9. The highest BCUT2D eigenvalue weighted by atomic mass is 35.5. The minimum atomic E-state index is 0.